The summed E-state index contributed by atoms with van der Waals surface area (Å²) in [5.74, 6) is -1.51. The van der Waals surface area contributed by atoms with E-state index in [2.05, 4.69) is 0 Å². The van der Waals surface area contributed by atoms with Crippen LogP contribution in [0.15, 0.2) is 36.4 Å². The van der Waals surface area contributed by atoms with Crippen LogP contribution in [0.5, 0.6) is 5.75 Å². The number of imide groups is 1. The first-order valence-corrected chi connectivity index (χ1v) is 12.6. The van der Waals surface area contributed by atoms with Crippen LogP contribution >= 0.6 is 35.6 Å². The molecule has 11 heteroatoms. The Morgan fingerprint density at radius 1 is 1.11 bits per heavy atom. The van der Waals surface area contributed by atoms with Crippen LogP contribution < -0.4 is 4.74 Å². The first kappa shape index (κ1) is 29.2. The van der Waals surface area contributed by atoms with Crippen LogP contribution in [0.3, 0.4) is 0 Å². The molecular formula is C26H28Cl3FN2O5. The average Bonchev–Trinajstić information content (AvgIpc) is 3.59. The van der Waals surface area contributed by atoms with Gasteiger partial charge in [0.05, 0.1) is 23.0 Å². The van der Waals surface area contributed by atoms with Gasteiger partial charge in [0.2, 0.25) is 11.8 Å². The van der Waals surface area contributed by atoms with Gasteiger partial charge in [-0.2, -0.15) is 0 Å². The molecule has 1 saturated heterocycles. The van der Waals surface area contributed by atoms with Gasteiger partial charge >= 0.3 is 5.97 Å². The van der Waals surface area contributed by atoms with Gasteiger partial charge in [0.25, 0.3) is 0 Å². The molecule has 37 heavy (non-hydrogen) atoms. The number of nitrogens with zero attached hydrogens (tertiary/aromatic N) is 2. The van der Waals surface area contributed by atoms with Crippen molar-refractivity contribution in [3.8, 4) is 5.75 Å². The van der Waals surface area contributed by atoms with E-state index in [4.69, 9.17) is 27.9 Å². The zero-order chi connectivity index (χ0) is 25.8. The van der Waals surface area contributed by atoms with E-state index in [-0.39, 0.29) is 62.4 Å². The molecule has 1 aliphatic heterocycles. The Morgan fingerprint density at radius 3 is 2.41 bits per heavy atom. The van der Waals surface area contributed by atoms with Crippen LogP contribution in [0.4, 0.5) is 4.39 Å². The molecule has 0 unspecified atom stereocenters. The highest BCUT2D eigenvalue weighted by Gasteiger charge is 2.31. The maximum Gasteiger partial charge on any atom is 0.305 e. The van der Waals surface area contributed by atoms with Crippen LogP contribution in [0.1, 0.15) is 49.3 Å². The highest BCUT2D eigenvalue weighted by molar-refractivity contribution is 6.42. The van der Waals surface area contributed by atoms with E-state index in [1.165, 1.54) is 12.1 Å². The molecule has 2 fully saturated rings. The van der Waals surface area contributed by atoms with Gasteiger partial charge in [0.1, 0.15) is 6.61 Å². The topological polar surface area (TPSA) is 87.2 Å². The molecule has 0 spiro atoms. The van der Waals surface area contributed by atoms with E-state index >= 15 is 0 Å². The van der Waals surface area contributed by atoms with Crippen molar-refractivity contribution >= 4 is 53.4 Å². The molecule has 1 heterocycles. The van der Waals surface area contributed by atoms with E-state index < -0.39 is 17.8 Å². The highest BCUT2D eigenvalue weighted by Crippen LogP contribution is 2.37. The second kappa shape index (κ2) is 12.9. The fraction of sp³-hybridized carbons (Fsp3) is 0.423. The number of carbonyl (C=O) groups excluding carboxylic acids is 2. The quantitative estimate of drug-likeness (QED) is 0.337. The van der Waals surface area contributed by atoms with Crippen molar-refractivity contribution in [2.24, 2.45) is 5.92 Å². The van der Waals surface area contributed by atoms with Crippen molar-refractivity contribution in [2.75, 3.05) is 19.7 Å². The van der Waals surface area contributed by atoms with Gasteiger partial charge in [-0.05, 0) is 54.2 Å². The minimum atomic E-state index is -0.947. The van der Waals surface area contributed by atoms with Crippen molar-refractivity contribution in [1.82, 2.24) is 9.80 Å². The number of rotatable bonds is 12. The Labute approximate surface area is 230 Å². The van der Waals surface area contributed by atoms with E-state index in [9.17, 15) is 23.9 Å². The van der Waals surface area contributed by atoms with Gasteiger partial charge in [0, 0.05) is 32.0 Å². The fourth-order valence-electron chi connectivity index (χ4n) is 4.39. The van der Waals surface area contributed by atoms with Crippen molar-refractivity contribution in [3.63, 3.8) is 0 Å². The molecule has 0 bridgehead atoms. The third-order valence-electron chi connectivity index (χ3n) is 6.44. The summed E-state index contributed by atoms with van der Waals surface area (Å²) in [5, 5.41) is 10.3. The number of benzene rings is 2. The lowest BCUT2D eigenvalue weighted by Crippen LogP contribution is -2.33. The van der Waals surface area contributed by atoms with Gasteiger partial charge < -0.3 is 9.84 Å². The minimum absolute atomic E-state index is 0. The molecule has 2 aromatic rings. The fourth-order valence-corrected chi connectivity index (χ4v) is 4.70. The summed E-state index contributed by atoms with van der Waals surface area (Å²) >= 11 is 12.3. The number of amides is 2. The Morgan fingerprint density at radius 2 is 1.81 bits per heavy atom. The lowest BCUT2D eigenvalue weighted by Gasteiger charge is -2.32. The Balaban J connectivity index is 0.00000380. The minimum Gasteiger partial charge on any atom is -0.489 e. The van der Waals surface area contributed by atoms with Crippen LogP contribution in [-0.4, -0.2) is 52.4 Å². The van der Waals surface area contributed by atoms with Crippen molar-refractivity contribution in [3.05, 3.63) is 63.4 Å². The molecule has 1 atom stereocenters. The second-order valence-electron chi connectivity index (χ2n) is 9.21. The Kier molecular flexibility index (Phi) is 10.2. The summed E-state index contributed by atoms with van der Waals surface area (Å²) in [6.45, 7) is 1.09. The number of hydrogen-bond donors (Lipinski definition) is 1. The number of ether oxygens (including phenoxy) is 1. The standard InChI is InChI=1S/C26H27Cl2FN2O5.ClH/c27-19-5-4-18(12-20(19)28)22(13-26(34)35)30(14-16-1-2-16)15-17-3-6-23(21(29)11-17)36-10-9-31-24(32)7-8-25(31)33;/h3-6,11-12,16,22H,1-2,7-10,13-15H2,(H,34,35);1H/t22-;/m1./s1. The molecule has 0 aromatic heterocycles. The van der Waals surface area contributed by atoms with Crippen LogP contribution in [-0.2, 0) is 20.9 Å². The Hall–Kier alpha value is -2.39. The molecule has 1 aliphatic carbocycles. The number of halogens is 4. The normalized spacial score (nSPS) is 16.2. The van der Waals surface area contributed by atoms with Crippen LogP contribution in [0.2, 0.25) is 10.0 Å². The summed E-state index contributed by atoms with van der Waals surface area (Å²) in [7, 11) is 0. The largest absolute Gasteiger partial charge is 0.489 e. The molecule has 0 radical (unpaired) electrons. The van der Waals surface area contributed by atoms with Crippen molar-refractivity contribution in [1.29, 1.82) is 0 Å². The molecule has 1 saturated carbocycles. The predicted octanol–water partition coefficient (Wildman–Crippen LogP) is 5.51. The number of carboxylic acid groups (broad SMARTS) is 1. The van der Waals surface area contributed by atoms with Gasteiger partial charge in [-0.1, -0.05) is 35.3 Å². The summed E-state index contributed by atoms with van der Waals surface area (Å²) in [6, 6.07) is 9.26. The SMILES string of the molecule is Cl.O=C(O)C[C@H](c1ccc(Cl)c(Cl)c1)N(Cc1ccc(OCCN2C(=O)CCC2=O)c(F)c1)CC1CC1. The second-order valence-corrected chi connectivity index (χ2v) is 10.0. The van der Waals surface area contributed by atoms with Crippen molar-refractivity contribution < 1.29 is 28.6 Å². The summed E-state index contributed by atoms with van der Waals surface area (Å²) < 4.78 is 20.3. The molecule has 200 valence electrons. The van der Waals surface area contributed by atoms with Gasteiger partial charge in [-0.3, -0.25) is 24.2 Å². The summed E-state index contributed by atoms with van der Waals surface area (Å²) in [4.78, 5) is 38.3. The lowest BCUT2D eigenvalue weighted by atomic mass is 10.0. The van der Waals surface area contributed by atoms with Gasteiger partial charge in [-0.15, -0.1) is 12.4 Å². The molecule has 2 aliphatic rings. The first-order chi connectivity index (χ1) is 17.2. The molecule has 2 amide bonds. The van der Waals surface area contributed by atoms with Gasteiger partial charge in [-0.25, -0.2) is 4.39 Å². The number of hydrogen-bond acceptors (Lipinski definition) is 5. The lowest BCUT2D eigenvalue weighted by molar-refractivity contribution is -0.140. The number of likely N-dealkylation sites (tertiary alicyclic amines) is 1. The predicted molar refractivity (Wildman–Crippen MR) is 140 cm³/mol. The third-order valence-corrected chi connectivity index (χ3v) is 7.18. The van der Waals surface area contributed by atoms with Crippen LogP contribution in [0.25, 0.3) is 0 Å². The monoisotopic (exact) mass is 572 g/mol. The highest BCUT2D eigenvalue weighted by atomic mass is 35.5. The molecule has 2 aromatic carbocycles. The number of aliphatic carboxylic acids is 1. The maximum absolute atomic E-state index is 14.8. The number of carboxylic acids is 1. The zero-order valence-electron chi connectivity index (χ0n) is 20.0. The van der Waals surface area contributed by atoms with E-state index in [1.54, 1.807) is 24.3 Å². The smallest absolute Gasteiger partial charge is 0.305 e. The summed E-state index contributed by atoms with van der Waals surface area (Å²) in [6.07, 6.45) is 2.40. The van der Waals surface area contributed by atoms with Crippen molar-refractivity contribution in [2.45, 2.75) is 44.7 Å². The van der Waals surface area contributed by atoms with Gasteiger partial charge in [0.15, 0.2) is 11.6 Å². The molecular weight excluding hydrogens is 546 g/mol. The molecule has 4 rings (SSSR count). The molecule has 1 N–H and O–H groups in total. The van der Waals surface area contributed by atoms with Crippen LogP contribution in [0, 0.1) is 11.7 Å². The first-order valence-electron chi connectivity index (χ1n) is 11.9. The van der Waals surface area contributed by atoms with E-state index in [0.29, 0.717) is 34.6 Å². The third kappa shape index (κ3) is 7.80. The average molecular weight is 574 g/mol. The number of carbonyl (C=O) groups is 3. The molecule has 7 nitrogen and oxygen atoms in total. The van der Waals surface area contributed by atoms with E-state index in [1.807, 2.05) is 4.90 Å². The van der Waals surface area contributed by atoms with E-state index in [0.717, 1.165) is 23.3 Å². The maximum atomic E-state index is 14.8. The summed E-state index contributed by atoms with van der Waals surface area (Å²) in [5.41, 5.74) is 1.40. The zero-order valence-corrected chi connectivity index (χ0v) is 22.3. The Bertz CT molecular complexity index is 1150.